The zero-order valence-electron chi connectivity index (χ0n) is 12.6. The van der Waals surface area contributed by atoms with Gasteiger partial charge in [-0.3, -0.25) is 4.79 Å². The predicted molar refractivity (Wildman–Crippen MR) is 82.5 cm³/mol. The van der Waals surface area contributed by atoms with Crippen molar-refractivity contribution >= 4 is 15.7 Å². The van der Waals surface area contributed by atoms with Gasteiger partial charge in [0.05, 0.1) is 23.6 Å². The Morgan fingerprint density at radius 1 is 1.52 bits per heavy atom. The molecule has 0 aromatic heterocycles. The van der Waals surface area contributed by atoms with Crippen LogP contribution in [0.2, 0.25) is 0 Å². The number of nitrogens with zero attached hydrogens (tertiary/aromatic N) is 1. The lowest BCUT2D eigenvalue weighted by Gasteiger charge is -2.36. The summed E-state index contributed by atoms with van der Waals surface area (Å²) in [6, 6.07) is -0.269. The van der Waals surface area contributed by atoms with Crippen molar-refractivity contribution in [2.45, 2.75) is 50.6 Å². The number of nitrogens with one attached hydrogen (secondary N) is 1. The highest BCUT2D eigenvalue weighted by molar-refractivity contribution is 7.91. The third-order valence-corrected chi connectivity index (χ3v) is 6.25. The third-order valence-electron chi connectivity index (χ3n) is 4.50. The molecule has 0 spiro atoms. The molecule has 0 aliphatic carbocycles. The fourth-order valence-corrected chi connectivity index (χ4v) is 5.23. The Morgan fingerprint density at radius 2 is 2.29 bits per heavy atom. The van der Waals surface area contributed by atoms with Gasteiger partial charge in [-0.25, -0.2) is 8.42 Å². The molecule has 2 saturated heterocycles. The van der Waals surface area contributed by atoms with Gasteiger partial charge in [0, 0.05) is 6.04 Å². The highest BCUT2D eigenvalue weighted by Gasteiger charge is 2.45. The minimum Gasteiger partial charge on any atom is -0.326 e. The molecule has 1 N–H and O–H groups in total. The highest BCUT2D eigenvalue weighted by Crippen LogP contribution is 2.29. The minimum absolute atomic E-state index is 0.0121. The Morgan fingerprint density at radius 3 is 2.76 bits per heavy atom. The molecule has 2 unspecified atom stereocenters. The van der Waals surface area contributed by atoms with E-state index in [1.807, 2.05) is 0 Å². The molecule has 0 radical (unpaired) electrons. The van der Waals surface area contributed by atoms with Gasteiger partial charge in [0.2, 0.25) is 5.91 Å². The van der Waals surface area contributed by atoms with Crippen molar-refractivity contribution in [3.8, 4) is 12.3 Å². The van der Waals surface area contributed by atoms with Gasteiger partial charge < -0.3 is 10.2 Å². The molecule has 118 valence electrons. The summed E-state index contributed by atoms with van der Waals surface area (Å²) in [7, 11) is -3.03. The van der Waals surface area contributed by atoms with Crippen LogP contribution in [-0.4, -0.2) is 55.4 Å². The molecule has 6 heteroatoms. The maximum Gasteiger partial charge on any atom is 0.243 e. The Balaban J connectivity index is 2.21. The van der Waals surface area contributed by atoms with Crippen molar-refractivity contribution in [2.24, 2.45) is 0 Å². The van der Waals surface area contributed by atoms with Gasteiger partial charge in [-0.15, -0.1) is 6.42 Å². The minimum atomic E-state index is -3.03. The molecule has 21 heavy (non-hydrogen) atoms. The van der Waals surface area contributed by atoms with Crippen LogP contribution in [0.1, 0.15) is 39.0 Å². The molecule has 0 aromatic carbocycles. The summed E-state index contributed by atoms with van der Waals surface area (Å²) in [6.07, 6.45) is 9.36. The van der Waals surface area contributed by atoms with E-state index in [4.69, 9.17) is 6.42 Å². The summed E-state index contributed by atoms with van der Waals surface area (Å²) in [4.78, 5) is 14.6. The van der Waals surface area contributed by atoms with Crippen molar-refractivity contribution in [2.75, 3.05) is 24.6 Å². The second-order valence-electron chi connectivity index (χ2n) is 6.06. The van der Waals surface area contributed by atoms with E-state index in [-0.39, 0.29) is 30.0 Å². The Kier molecular flexibility index (Phi) is 4.95. The number of hydrogen-bond acceptors (Lipinski definition) is 4. The van der Waals surface area contributed by atoms with Crippen LogP contribution >= 0.6 is 0 Å². The number of sulfone groups is 1. The molecule has 0 bridgehead atoms. The summed E-state index contributed by atoms with van der Waals surface area (Å²) < 4.78 is 23.4. The van der Waals surface area contributed by atoms with E-state index in [9.17, 15) is 13.2 Å². The van der Waals surface area contributed by atoms with E-state index in [1.54, 1.807) is 4.90 Å². The molecule has 0 saturated carbocycles. The van der Waals surface area contributed by atoms with E-state index >= 15 is 0 Å². The molecule has 2 fully saturated rings. The van der Waals surface area contributed by atoms with Crippen LogP contribution < -0.4 is 5.32 Å². The van der Waals surface area contributed by atoms with E-state index in [0.717, 1.165) is 32.2 Å². The number of amides is 1. The first-order chi connectivity index (χ1) is 9.94. The van der Waals surface area contributed by atoms with Crippen molar-refractivity contribution in [3.05, 3.63) is 0 Å². The topological polar surface area (TPSA) is 66.5 Å². The van der Waals surface area contributed by atoms with Crippen molar-refractivity contribution < 1.29 is 13.2 Å². The maximum absolute atomic E-state index is 13.0. The zero-order valence-corrected chi connectivity index (χ0v) is 13.4. The lowest BCUT2D eigenvalue weighted by Crippen LogP contribution is -2.57. The van der Waals surface area contributed by atoms with Crippen molar-refractivity contribution in [1.82, 2.24) is 10.2 Å². The van der Waals surface area contributed by atoms with Crippen LogP contribution in [0.3, 0.4) is 0 Å². The predicted octanol–water partition coefficient (Wildman–Crippen LogP) is 0.558. The van der Waals surface area contributed by atoms with Gasteiger partial charge in [-0.2, -0.15) is 0 Å². The van der Waals surface area contributed by atoms with Crippen LogP contribution in [-0.2, 0) is 14.6 Å². The fourth-order valence-electron chi connectivity index (χ4n) is 3.50. The first-order valence-corrected chi connectivity index (χ1v) is 9.46. The largest absolute Gasteiger partial charge is 0.326 e. The summed E-state index contributed by atoms with van der Waals surface area (Å²) in [5.41, 5.74) is -0.544. The van der Waals surface area contributed by atoms with Crippen molar-refractivity contribution in [3.63, 3.8) is 0 Å². The quantitative estimate of drug-likeness (QED) is 0.753. The standard InChI is InChI=1S/C15H24N2O3S/c1-3-7-15(8-5-9-16-15)14(18)17(10-4-2)13-6-11-21(19,20)12-13/h2,13,16H,3,5-12H2,1H3. The average molecular weight is 312 g/mol. The van der Waals surface area contributed by atoms with Gasteiger partial charge in [0.1, 0.15) is 0 Å². The van der Waals surface area contributed by atoms with Gasteiger partial charge >= 0.3 is 0 Å². The Hall–Kier alpha value is -1.06. The number of terminal acetylenes is 1. The molecule has 2 aliphatic heterocycles. The molecular weight excluding hydrogens is 288 g/mol. The molecular formula is C15H24N2O3S. The molecule has 2 aliphatic rings. The number of rotatable bonds is 5. The highest BCUT2D eigenvalue weighted by atomic mass is 32.2. The first-order valence-electron chi connectivity index (χ1n) is 7.64. The van der Waals surface area contributed by atoms with Gasteiger partial charge in [0.25, 0.3) is 0 Å². The van der Waals surface area contributed by atoms with Crippen LogP contribution in [0, 0.1) is 12.3 Å². The monoisotopic (exact) mass is 312 g/mol. The second-order valence-corrected chi connectivity index (χ2v) is 8.29. The van der Waals surface area contributed by atoms with Crippen molar-refractivity contribution in [1.29, 1.82) is 0 Å². The maximum atomic E-state index is 13.0. The molecule has 1 amide bonds. The number of carbonyl (C=O) groups is 1. The van der Waals surface area contributed by atoms with Crippen LogP contribution in [0.4, 0.5) is 0 Å². The fraction of sp³-hybridized carbons (Fsp3) is 0.800. The average Bonchev–Trinajstić information content (AvgIpc) is 3.03. The molecule has 2 rings (SSSR count). The second kappa shape index (κ2) is 6.37. The number of hydrogen-bond donors (Lipinski definition) is 1. The Labute approximate surface area is 127 Å². The molecule has 5 nitrogen and oxygen atoms in total. The van der Waals surface area contributed by atoms with Crippen LogP contribution in [0.15, 0.2) is 0 Å². The molecule has 2 atom stereocenters. The summed E-state index contributed by atoms with van der Waals surface area (Å²) in [5, 5.41) is 3.34. The number of carbonyl (C=O) groups excluding carboxylic acids is 1. The van der Waals surface area contributed by atoms with Crippen LogP contribution in [0.25, 0.3) is 0 Å². The lowest BCUT2D eigenvalue weighted by molar-refractivity contribution is -0.139. The van der Waals surface area contributed by atoms with Gasteiger partial charge in [0.15, 0.2) is 9.84 Å². The normalized spacial score (nSPS) is 31.0. The molecule has 0 aromatic rings. The van der Waals surface area contributed by atoms with E-state index < -0.39 is 15.4 Å². The van der Waals surface area contributed by atoms with E-state index in [2.05, 4.69) is 18.2 Å². The smallest absolute Gasteiger partial charge is 0.243 e. The van der Waals surface area contributed by atoms with E-state index in [0.29, 0.717) is 6.42 Å². The third kappa shape index (κ3) is 3.41. The van der Waals surface area contributed by atoms with Crippen LogP contribution in [0.5, 0.6) is 0 Å². The summed E-state index contributed by atoms with van der Waals surface area (Å²) in [5.74, 6) is 2.70. The molecule has 2 heterocycles. The van der Waals surface area contributed by atoms with Gasteiger partial charge in [-0.05, 0) is 32.2 Å². The zero-order chi connectivity index (χ0) is 15.5. The Bertz CT molecular complexity index is 530. The SMILES string of the molecule is C#CCN(C(=O)C1(CCC)CCCN1)C1CCS(=O)(=O)C1. The lowest BCUT2D eigenvalue weighted by atomic mass is 9.89. The summed E-state index contributed by atoms with van der Waals surface area (Å²) in [6.45, 7) is 3.07. The van der Waals surface area contributed by atoms with E-state index in [1.165, 1.54) is 0 Å². The summed E-state index contributed by atoms with van der Waals surface area (Å²) >= 11 is 0. The first kappa shape index (κ1) is 16.3. The van der Waals surface area contributed by atoms with Gasteiger partial charge in [-0.1, -0.05) is 19.3 Å².